The Labute approximate surface area is 218 Å². The fraction of sp³-hybridized carbons (Fsp3) is 0.667. The highest BCUT2D eigenvalue weighted by atomic mass is 16.3. The zero-order valence-corrected chi connectivity index (χ0v) is 21.9. The maximum atomic E-state index is 13.9. The molecule has 37 heavy (non-hydrogen) atoms. The van der Waals surface area contributed by atoms with E-state index in [1.54, 1.807) is 18.7 Å². The number of hydrogen-bond donors (Lipinski definition) is 4. The quantitative estimate of drug-likeness (QED) is 0.437. The van der Waals surface area contributed by atoms with Crippen molar-refractivity contribution >= 4 is 23.4 Å². The largest absolute Gasteiger partial charge is 0.394 e. The van der Waals surface area contributed by atoms with Gasteiger partial charge in [-0.25, -0.2) is 0 Å². The molecule has 202 valence electrons. The molecule has 4 N–H and O–H groups in total. The van der Waals surface area contributed by atoms with Gasteiger partial charge in [0.15, 0.2) is 0 Å². The lowest BCUT2D eigenvalue weighted by Gasteiger charge is -2.44. The fourth-order valence-electron chi connectivity index (χ4n) is 6.53. The standard InChI is InChI=1S/C27H40N6O4/c1-26(2,17-34)29-23(35)16-32-18-33(21-6-4-3-5-7-21)27(25(32)37)10-12-31(13-11-27)24(36)19-8-9-22-20(14-19)15-28-30-22/h3-7,19-20,22,28,30,34H,8-18H2,1-2H3,(H,29,35). The summed E-state index contributed by atoms with van der Waals surface area (Å²) >= 11 is 0. The van der Waals surface area contributed by atoms with Crippen LogP contribution in [0, 0.1) is 11.8 Å². The van der Waals surface area contributed by atoms with Gasteiger partial charge in [-0.15, -0.1) is 0 Å². The van der Waals surface area contributed by atoms with Gasteiger partial charge in [-0.2, -0.15) is 0 Å². The molecule has 1 aromatic carbocycles. The van der Waals surface area contributed by atoms with Crippen LogP contribution in [0.5, 0.6) is 0 Å². The third kappa shape index (κ3) is 5.06. The van der Waals surface area contributed by atoms with Crippen molar-refractivity contribution in [2.45, 2.75) is 63.1 Å². The Kier molecular flexibility index (Phi) is 7.17. The summed E-state index contributed by atoms with van der Waals surface area (Å²) in [5.74, 6) is 0.413. The van der Waals surface area contributed by atoms with Crippen molar-refractivity contribution in [3.8, 4) is 0 Å². The van der Waals surface area contributed by atoms with E-state index in [-0.39, 0.29) is 36.8 Å². The summed E-state index contributed by atoms with van der Waals surface area (Å²) in [7, 11) is 0. The highest BCUT2D eigenvalue weighted by Crippen LogP contribution is 2.40. The number of hydrogen-bond acceptors (Lipinski definition) is 7. The van der Waals surface area contributed by atoms with Gasteiger partial charge in [0.2, 0.25) is 11.8 Å². The molecule has 3 heterocycles. The van der Waals surface area contributed by atoms with Crippen LogP contribution in [0.15, 0.2) is 30.3 Å². The number of carbonyl (C=O) groups excluding carboxylic acids is 3. The zero-order chi connectivity index (χ0) is 26.2. The van der Waals surface area contributed by atoms with E-state index >= 15 is 0 Å². The number of benzene rings is 1. The predicted octanol–water partition coefficient (Wildman–Crippen LogP) is 0.434. The third-order valence-corrected chi connectivity index (χ3v) is 8.68. The van der Waals surface area contributed by atoms with E-state index in [1.807, 2.05) is 35.2 Å². The van der Waals surface area contributed by atoms with Gasteiger partial charge in [-0.1, -0.05) is 18.2 Å². The number of nitrogens with one attached hydrogen (secondary N) is 3. The number of anilines is 1. The molecule has 10 nitrogen and oxygen atoms in total. The molecule has 0 radical (unpaired) electrons. The number of piperidine rings is 1. The fourth-order valence-corrected chi connectivity index (χ4v) is 6.53. The molecular weight excluding hydrogens is 472 g/mol. The third-order valence-electron chi connectivity index (χ3n) is 8.68. The maximum absolute atomic E-state index is 13.9. The van der Waals surface area contributed by atoms with Crippen LogP contribution in [0.1, 0.15) is 46.0 Å². The van der Waals surface area contributed by atoms with Gasteiger partial charge in [-0.3, -0.25) is 25.2 Å². The van der Waals surface area contributed by atoms with Crippen molar-refractivity contribution in [2.24, 2.45) is 11.8 Å². The Morgan fingerprint density at radius 1 is 1.16 bits per heavy atom. The van der Waals surface area contributed by atoms with Gasteiger partial charge in [0.25, 0.3) is 5.91 Å². The van der Waals surface area contributed by atoms with Crippen molar-refractivity contribution < 1.29 is 19.5 Å². The van der Waals surface area contributed by atoms with Crippen LogP contribution in [0.4, 0.5) is 5.69 Å². The minimum Gasteiger partial charge on any atom is -0.394 e. The van der Waals surface area contributed by atoms with E-state index in [2.05, 4.69) is 21.1 Å². The second-order valence-electron chi connectivity index (χ2n) is 11.8. The number of para-hydroxylation sites is 1. The monoisotopic (exact) mass is 512 g/mol. The molecule has 3 aliphatic heterocycles. The van der Waals surface area contributed by atoms with Gasteiger partial charge in [-0.05, 0) is 64.0 Å². The number of hydrazine groups is 1. The summed E-state index contributed by atoms with van der Waals surface area (Å²) in [6.07, 6.45) is 3.89. The summed E-state index contributed by atoms with van der Waals surface area (Å²) in [6.45, 7) is 5.53. The van der Waals surface area contributed by atoms with Gasteiger partial charge >= 0.3 is 0 Å². The number of amides is 3. The minimum atomic E-state index is -0.776. The highest BCUT2D eigenvalue weighted by molar-refractivity contribution is 5.96. The van der Waals surface area contributed by atoms with Gasteiger partial charge < -0.3 is 25.1 Å². The highest BCUT2D eigenvalue weighted by Gasteiger charge is 2.54. The summed E-state index contributed by atoms with van der Waals surface area (Å²) in [5.41, 5.74) is 5.96. The molecule has 5 rings (SSSR count). The summed E-state index contributed by atoms with van der Waals surface area (Å²) in [6, 6.07) is 10.3. The van der Waals surface area contributed by atoms with Crippen molar-refractivity contribution in [2.75, 3.05) is 44.4 Å². The number of rotatable bonds is 6. The van der Waals surface area contributed by atoms with E-state index in [4.69, 9.17) is 0 Å². The average molecular weight is 513 g/mol. The molecule has 3 atom stereocenters. The lowest BCUT2D eigenvalue weighted by atomic mass is 9.77. The molecule has 1 spiro atoms. The molecule has 0 bridgehead atoms. The Morgan fingerprint density at radius 2 is 1.89 bits per heavy atom. The van der Waals surface area contributed by atoms with Crippen molar-refractivity contribution in [1.82, 2.24) is 26.0 Å². The van der Waals surface area contributed by atoms with Crippen molar-refractivity contribution in [1.29, 1.82) is 0 Å². The topological polar surface area (TPSA) is 117 Å². The summed E-state index contributed by atoms with van der Waals surface area (Å²) in [5, 5.41) is 12.3. The Balaban J connectivity index is 1.29. The molecule has 4 aliphatic rings. The molecule has 4 fully saturated rings. The number of aliphatic hydroxyl groups excluding tert-OH is 1. The van der Waals surface area contributed by atoms with Gasteiger partial charge in [0.1, 0.15) is 12.1 Å². The first-order valence-electron chi connectivity index (χ1n) is 13.5. The van der Waals surface area contributed by atoms with E-state index in [9.17, 15) is 19.5 Å². The predicted molar refractivity (Wildman–Crippen MR) is 139 cm³/mol. The van der Waals surface area contributed by atoms with Crippen LogP contribution in [0.25, 0.3) is 0 Å². The van der Waals surface area contributed by atoms with E-state index in [1.165, 1.54) is 0 Å². The molecular formula is C27H40N6O4. The molecule has 0 aromatic heterocycles. The van der Waals surface area contributed by atoms with Crippen LogP contribution >= 0.6 is 0 Å². The minimum absolute atomic E-state index is 0.0524. The van der Waals surface area contributed by atoms with Gasteiger partial charge in [0.05, 0.1) is 18.8 Å². The zero-order valence-electron chi connectivity index (χ0n) is 21.9. The first-order chi connectivity index (χ1) is 17.7. The first-order valence-corrected chi connectivity index (χ1v) is 13.5. The Hall–Kier alpha value is -2.69. The summed E-state index contributed by atoms with van der Waals surface area (Å²) in [4.78, 5) is 45.7. The van der Waals surface area contributed by atoms with Crippen LogP contribution in [0.3, 0.4) is 0 Å². The molecule has 3 saturated heterocycles. The van der Waals surface area contributed by atoms with Gasteiger partial charge in [0, 0.05) is 37.3 Å². The average Bonchev–Trinajstić information content (AvgIpc) is 3.47. The molecule has 1 aromatic rings. The van der Waals surface area contributed by atoms with Crippen molar-refractivity contribution in [3.05, 3.63) is 30.3 Å². The van der Waals surface area contributed by atoms with Crippen LogP contribution < -0.4 is 21.1 Å². The van der Waals surface area contributed by atoms with Crippen LogP contribution in [-0.2, 0) is 14.4 Å². The Morgan fingerprint density at radius 3 is 2.59 bits per heavy atom. The number of likely N-dealkylation sites (tertiary alicyclic amines) is 1. The number of aliphatic hydroxyl groups is 1. The molecule has 1 aliphatic carbocycles. The molecule has 3 unspecified atom stereocenters. The smallest absolute Gasteiger partial charge is 0.250 e. The lowest BCUT2D eigenvalue weighted by Crippen LogP contribution is -2.58. The first kappa shape index (κ1) is 25.9. The Bertz CT molecular complexity index is 1010. The van der Waals surface area contributed by atoms with Crippen molar-refractivity contribution in [3.63, 3.8) is 0 Å². The van der Waals surface area contributed by atoms with E-state index in [0.29, 0.717) is 44.6 Å². The van der Waals surface area contributed by atoms with Crippen LogP contribution in [-0.4, -0.2) is 89.2 Å². The second kappa shape index (κ2) is 10.2. The summed E-state index contributed by atoms with van der Waals surface area (Å²) < 4.78 is 0. The normalized spacial score (nSPS) is 27.5. The molecule has 3 amide bonds. The van der Waals surface area contributed by atoms with E-state index < -0.39 is 11.1 Å². The number of fused-ring (bicyclic) bond motifs is 1. The van der Waals surface area contributed by atoms with E-state index in [0.717, 1.165) is 31.5 Å². The lowest BCUT2D eigenvalue weighted by molar-refractivity contribution is -0.142. The molecule has 10 heteroatoms. The van der Waals surface area contributed by atoms with Crippen LogP contribution in [0.2, 0.25) is 0 Å². The number of carbonyl (C=O) groups is 3. The molecule has 1 saturated carbocycles. The SMILES string of the molecule is CC(C)(CO)NC(=O)CN1CN(c2ccccc2)C2(CCN(C(=O)C3CCC4NNCC4C3)CC2)C1=O. The maximum Gasteiger partial charge on any atom is 0.250 e. The number of nitrogens with zero attached hydrogens (tertiary/aromatic N) is 3. The second-order valence-corrected chi connectivity index (χ2v) is 11.8.